The van der Waals surface area contributed by atoms with Crippen molar-refractivity contribution in [2.45, 2.75) is 183 Å². The predicted molar refractivity (Wildman–Crippen MR) is 394 cm³/mol. The lowest BCUT2D eigenvalue weighted by Gasteiger charge is -2.31. The molecule has 4 aliphatic heterocycles. The molecule has 22 N–H and O–H groups in total. The van der Waals surface area contributed by atoms with Gasteiger partial charge in [-0.1, -0.05) is 77.3 Å². The number of fused-ring (bicyclic) bond motifs is 10. The van der Waals surface area contributed by atoms with E-state index in [0.717, 1.165) is 53.0 Å². The van der Waals surface area contributed by atoms with Crippen LogP contribution in [0.25, 0.3) is 0 Å². The van der Waals surface area contributed by atoms with E-state index in [1.165, 1.54) is 45.8 Å². The van der Waals surface area contributed by atoms with Gasteiger partial charge < -0.3 is 116 Å². The van der Waals surface area contributed by atoms with Gasteiger partial charge in [-0.25, -0.2) is 9.97 Å². The van der Waals surface area contributed by atoms with E-state index < -0.39 is 265 Å². The molecule has 46 heteroatoms. The molecule has 0 radical (unpaired) electrons. The Kier molecular flexibility index (Phi) is 35.3. The van der Waals surface area contributed by atoms with Crippen molar-refractivity contribution in [1.29, 1.82) is 0 Å². The van der Waals surface area contributed by atoms with Crippen LogP contribution in [0.5, 0.6) is 0 Å². The summed E-state index contributed by atoms with van der Waals surface area (Å²) in [5, 5.41) is 62.7. The van der Waals surface area contributed by atoms with E-state index in [0.29, 0.717) is 5.69 Å². The van der Waals surface area contributed by atoms with Crippen molar-refractivity contribution in [3.8, 4) is 0 Å². The smallest absolute Gasteiger partial charge is 0.305 e. The predicted octanol–water partition coefficient (Wildman–Crippen LogP) is -7.88. The average molecular weight is 1620 g/mol. The highest BCUT2D eigenvalue weighted by atomic mass is 33.1. The zero-order valence-corrected chi connectivity index (χ0v) is 64.0. The second-order valence-electron chi connectivity index (χ2n) is 26.6. The number of rotatable bonds is 16. The Balaban J connectivity index is 1.42. The quantitative estimate of drug-likeness (QED) is 0.0694. The van der Waals surface area contributed by atoms with Crippen LogP contribution in [0.15, 0.2) is 25.0 Å². The van der Waals surface area contributed by atoms with E-state index in [-0.39, 0.29) is 63.7 Å². The molecule has 2 bridgehead atoms. The molecule has 42 nitrogen and oxygen atoms in total. The summed E-state index contributed by atoms with van der Waals surface area (Å²) >= 11 is 0. The third-order valence-electron chi connectivity index (χ3n) is 18.1. The van der Waals surface area contributed by atoms with Crippen LogP contribution in [0.4, 0.5) is 0 Å². The maximum Gasteiger partial charge on any atom is 0.305 e. The molecule has 0 unspecified atom stereocenters. The second kappa shape index (κ2) is 43.6. The molecule has 6 rings (SSSR count). The largest absolute Gasteiger partial charge is 0.481 e. The number of carbonyl (C=O) groups is 18. The van der Waals surface area contributed by atoms with Gasteiger partial charge in [0.2, 0.25) is 94.5 Å². The summed E-state index contributed by atoms with van der Waals surface area (Å²) in [6, 6.07) is -22.5. The lowest BCUT2D eigenvalue weighted by Crippen LogP contribution is -2.61. The van der Waals surface area contributed by atoms with Crippen LogP contribution >= 0.6 is 43.2 Å². The monoisotopic (exact) mass is 1620 g/mol. The number of aliphatic hydroxyl groups excluding tert-OH is 1. The summed E-state index contributed by atoms with van der Waals surface area (Å²) < 4.78 is 0. The number of carboxylic acids is 2. The Hall–Kier alpha value is -9.80. The topological polar surface area (TPSA) is 640 Å². The molecular formula is C64H95N21O21S4. The number of aromatic amines is 2. The summed E-state index contributed by atoms with van der Waals surface area (Å²) in [4.78, 5) is 268. The first-order valence-corrected chi connectivity index (χ1v) is 40.2. The van der Waals surface area contributed by atoms with E-state index in [1.807, 2.05) is 0 Å². The molecule has 4 fully saturated rings. The fraction of sp³-hybridized carbons (Fsp3) is 0.625. The summed E-state index contributed by atoms with van der Waals surface area (Å²) in [5.41, 5.74) is 12.0. The number of aliphatic hydroxyl groups is 1. The number of carboxylic acid groups (broad SMARTS) is 2. The van der Waals surface area contributed by atoms with Crippen LogP contribution in [-0.2, 0) is 99.1 Å². The average Bonchev–Trinajstić information content (AvgIpc) is 1.63. The van der Waals surface area contributed by atoms with Gasteiger partial charge in [0, 0.05) is 79.1 Å². The van der Waals surface area contributed by atoms with Gasteiger partial charge in [-0.05, 0) is 50.9 Å². The Morgan fingerprint density at radius 3 is 1.58 bits per heavy atom. The molecule has 606 valence electrons. The van der Waals surface area contributed by atoms with Crippen molar-refractivity contribution < 1.29 is 102 Å². The highest BCUT2D eigenvalue weighted by Gasteiger charge is 2.44. The molecule has 15 atom stereocenters. The van der Waals surface area contributed by atoms with Crippen molar-refractivity contribution in [2.24, 2.45) is 23.3 Å². The number of nitrogens with zero attached hydrogens (tertiary/aromatic N) is 4. The van der Waals surface area contributed by atoms with Crippen molar-refractivity contribution in [1.82, 2.24) is 98.9 Å². The van der Waals surface area contributed by atoms with Gasteiger partial charge in [0.05, 0.1) is 38.8 Å². The molecule has 16 amide bonds. The number of aliphatic carboxylic acids is 2. The first-order valence-electron chi connectivity index (χ1n) is 35.2. The van der Waals surface area contributed by atoms with E-state index in [4.69, 9.17) is 11.5 Å². The van der Waals surface area contributed by atoms with Gasteiger partial charge >= 0.3 is 11.9 Å². The number of nitrogens with two attached hydrogens (primary N) is 2. The van der Waals surface area contributed by atoms with Crippen LogP contribution in [0.3, 0.4) is 0 Å². The molecule has 0 saturated carbocycles. The second-order valence-corrected chi connectivity index (χ2v) is 31.7. The normalized spacial score (nSPS) is 27.8. The molecule has 6 heterocycles. The summed E-state index contributed by atoms with van der Waals surface area (Å²) in [6.07, 6.45) is 2.78. The number of aromatic nitrogens is 4. The summed E-state index contributed by atoms with van der Waals surface area (Å²) in [7, 11) is 3.27. The number of carbonyl (C=O) groups excluding carboxylic acids is 16. The van der Waals surface area contributed by atoms with Gasteiger partial charge in [0.1, 0.15) is 84.6 Å². The molecule has 0 aliphatic carbocycles. The highest BCUT2D eigenvalue weighted by molar-refractivity contribution is 8.77. The molecule has 4 aliphatic rings. The Morgan fingerprint density at radius 1 is 0.564 bits per heavy atom. The summed E-state index contributed by atoms with van der Waals surface area (Å²) in [6.45, 7) is 4.56. The van der Waals surface area contributed by atoms with Crippen molar-refractivity contribution in [3.63, 3.8) is 0 Å². The van der Waals surface area contributed by atoms with E-state index in [1.54, 1.807) is 13.8 Å². The molecule has 0 aromatic carbocycles. The van der Waals surface area contributed by atoms with Crippen LogP contribution < -0.4 is 80.6 Å². The molecule has 110 heavy (non-hydrogen) atoms. The summed E-state index contributed by atoms with van der Waals surface area (Å²) in [5.74, 6) is -22.7. The number of H-pyrrole nitrogens is 2. The standard InChI is InChI=1S/C64H95N21O21S4/c1-6-30(4)50-62(104)79-39(51(66)93)23-107-110-26-42-58(100)78-38(22-86)56(98)77-37(16-33-20-68-28-71-33)64(106)84-13-7-9-43(84)59(101)72-31(5)52(94)80-40(24-108-109-25-41(57(99)81-42)73-45(87)18-65)53(95)69-21-46(88)82-49(29(2)3)61(103)75-35(17-48(91)92)55(97)76-36(15-32-19-67-27-70-32)63(105)85-14-8-10-44(85)60(102)74-34(54(96)83-50)11-12-47(89)90/h19-20,27-31,34-44,49-50,86H,6-18,21-26,65H2,1-5H3,(H2,66,93)(H,67,70)(H,68,71)(H,69,95)(H,72,101)(H,73,87)(H,74,102)(H,75,103)(H,76,97)(H,77,98)(H,78,100)(H,79,104)(H,80,94)(H,81,99)(H,82,88)(H,83,96)(H,89,90)(H,91,92)/t30-,31-,34-,35-,36-,37-,38-,39-,40-,41-,42-,43-,44-,49-,50-/m0/s1. The Labute approximate surface area is 645 Å². The number of imidazole rings is 2. The number of amides is 16. The van der Waals surface area contributed by atoms with Gasteiger partial charge in [-0.15, -0.1) is 0 Å². The van der Waals surface area contributed by atoms with Crippen molar-refractivity contribution in [3.05, 3.63) is 36.4 Å². The van der Waals surface area contributed by atoms with Crippen LogP contribution in [0.1, 0.15) is 97.4 Å². The Morgan fingerprint density at radius 2 is 1.06 bits per heavy atom. The third-order valence-corrected chi connectivity index (χ3v) is 22.9. The minimum Gasteiger partial charge on any atom is -0.481 e. The van der Waals surface area contributed by atoms with Gasteiger partial charge in [-0.3, -0.25) is 86.3 Å². The molecule has 4 saturated heterocycles. The number of nitrogens with one attached hydrogen (secondary N) is 15. The lowest BCUT2D eigenvalue weighted by molar-refractivity contribution is -0.144. The first kappa shape index (κ1) is 89.1. The van der Waals surface area contributed by atoms with Crippen molar-refractivity contribution in [2.75, 3.05) is 55.8 Å². The van der Waals surface area contributed by atoms with E-state index in [2.05, 4.69) is 89.1 Å². The fourth-order valence-electron chi connectivity index (χ4n) is 11.8. The van der Waals surface area contributed by atoms with E-state index in [9.17, 15) is 102 Å². The minimum absolute atomic E-state index is 0.0352. The SMILES string of the molecule is CC[C@H](C)[C@@H]1NC(=O)[C@H](CCC(=O)O)NC(=O)[C@@H]2CCCN2C(=O)[C@H](Cc2cnc[nH]2)NC(=O)[C@H](CC(=O)O)NC(=O)[C@H](C(C)C)NC(=O)CNC(=O)[C@@H]2CSSC[C@H](NC(=O)CN)C(=O)N[C@@H](CSSC[C@@H](C(N)=O)NC1=O)C(=O)N[C@@H](CO)C(=O)N[C@@H](Cc1cnc[nH]1)C(=O)N1CCC[C@H]1C(=O)N[C@@H](C)C(=O)N2. The number of hydrogen-bond acceptors (Lipinski definition) is 26. The maximum absolute atomic E-state index is 14.8. The van der Waals surface area contributed by atoms with Crippen LogP contribution in [0.2, 0.25) is 0 Å². The molecule has 0 spiro atoms. The highest BCUT2D eigenvalue weighted by Crippen LogP contribution is 2.27. The molecule has 2 aromatic heterocycles. The number of hydrogen-bond donors (Lipinski definition) is 20. The number of primary amides is 1. The van der Waals surface area contributed by atoms with Crippen LogP contribution in [0, 0.1) is 11.8 Å². The first-order chi connectivity index (χ1) is 52.2. The zero-order valence-electron chi connectivity index (χ0n) is 60.7. The molecular weight excluding hydrogens is 1530 g/mol. The zero-order chi connectivity index (χ0) is 81.1. The maximum atomic E-state index is 14.8. The minimum atomic E-state index is -1.98. The molecule has 2 aromatic rings. The van der Waals surface area contributed by atoms with Gasteiger partial charge in [-0.2, -0.15) is 0 Å². The van der Waals surface area contributed by atoms with E-state index >= 15 is 0 Å². The van der Waals surface area contributed by atoms with Crippen molar-refractivity contribution >= 4 is 150 Å². The van der Waals surface area contributed by atoms with Crippen LogP contribution in [-0.4, -0.2) is 292 Å². The lowest BCUT2D eigenvalue weighted by atomic mass is 9.97. The Bertz CT molecular complexity index is 3660. The van der Waals surface area contributed by atoms with Gasteiger partial charge in [0.15, 0.2) is 0 Å². The fourth-order valence-corrected chi connectivity index (χ4v) is 16.4. The third kappa shape index (κ3) is 26.8. The van der Waals surface area contributed by atoms with Gasteiger partial charge in [0.25, 0.3) is 0 Å².